The number of rotatable bonds is 3. The smallest absolute Gasteiger partial charge is 0.187 e. The Morgan fingerprint density at radius 2 is 2.50 bits per heavy atom. The van der Waals surface area contributed by atoms with Gasteiger partial charge in [0.2, 0.25) is 0 Å². The van der Waals surface area contributed by atoms with Crippen LogP contribution in [0.3, 0.4) is 0 Å². The van der Waals surface area contributed by atoms with E-state index in [1.807, 2.05) is 6.92 Å². The van der Waals surface area contributed by atoms with Gasteiger partial charge in [0, 0.05) is 0 Å². The Labute approximate surface area is 65.7 Å². The first kappa shape index (κ1) is 9.23. The quantitative estimate of drug-likeness (QED) is 0.278. The van der Waals surface area contributed by atoms with Crippen LogP contribution in [0.5, 0.6) is 0 Å². The van der Waals surface area contributed by atoms with Crippen molar-refractivity contribution in [3.05, 3.63) is 12.3 Å². The van der Waals surface area contributed by atoms with E-state index in [1.165, 1.54) is 5.55 Å². The van der Waals surface area contributed by atoms with E-state index >= 15 is 0 Å². The number of nitrogens with one attached hydrogen (secondary N) is 1. The number of hydrogen-bond donors (Lipinski definition) is 2. The zero-order valence-electron chi connectivity index (χ0n) is 5.79. The predicted octanol–water partition coefficient (Wildman–Crippen LogP) is 1.47. The van der Waals surface area contributed by atoms with E-state index in [4.69, 9.17) is 10.1 Å². The molecule has 0 amide bonds. The lowest BCUT2D eigenvalue weighted by Crippen LogP contribution is -2.00. The van der Waals surface area contributed by atoms with Gasteiger partial charge in [-0.25, -0.2) is 4.99 Å². The average molecular weight is 158 g/mol. The molecule has 0 fully saturated rings. The number of nitrogens with zero attached hydrogens (tertiary/aromatic N) is 1. The third-order valence-electron chi connectivity index (χ3n) is 0.770. The van der Waals surface area contributed by atoms with Crippen LogP contribution in [0.15, 0.2) is 17.3 Å². The van der Waals surface area contributed by atoms with Crippen LogP contribution in [0.1, 0.15) is 6.92 Å². The summed E-state index contributed by atoms with van der Waals surface area (Å²) < 4.78 is 4.89. The van der Waals surface area contributed by atoms with Gasteiger partial charge in [-0.05, 0) is 6.92 Å². The van der Waals surface area contributed by atoms with E-state index < -0.39 is 0 Å². The Morgan fingerprint density at radius 1 is 1.90 bits per heavy atom. The summed E-state index contributed by atoms with van der Waals surface area (Å²) in [4.78, 5) is 3.54. The molecule has 0 aromatic heterocycles. The maximum absolute atomic E-state index is 7.13. The molecular weight excluding hydrogens is 148 g/mol. The topological polar surface area (TPSA) is 45.4 Å². The Balaban J connectivity index is 3.83. The van der Waals surface area contributed by atoms with E-state index in [0.29, 0.717) is 6.61 Å². The van der Waals surface area contributed by atoms with Gasteiger partial charge in [0.25, 0.3) is 0 Å². The molecule has 0 heterocycles. The highest BCUT2D eigenvalue weighted by Crippen LogP contribution is 1.95. The van der Waals surface area contributed by atoms with Gasteiger partial charge in [-0.1, -0.05) is 6.58 Å². The Kier molecular flexibility index (Phi) is 4.66. The summed E-state index contributed by atoms with van der Waals surface area (Å²) >= 11 is 3.69. The number of thiol groups is 1. The van der Waals surface area contributed by atoms with Crippen molar-refractivity contribution in [2.45, 2.75) is 6.92 Å². The summed E-state index contributed by atoms with van der Waals surface area (Å²) in [5.74, 6) is 0.282. The number of amidine groups is 1. The fourth-order valence-electron chi connectivity index (χ4n) is 0.372. The SMILES string of the molecule is C=C(OCC)C(=N)/N=C/S. The van der Waals surface area contributed by atoms with Gasteiger partial charge >= 0.3 is 0 Å². The Bertz CT molecular complexity index is 165. The van der Waals surface area contributed by atoms with Crippen molar-refractivity contribution in [2.24, 2.45) is 4.99 Å². The molecule has 0 spiro atoms. The minimum Gasteiger partial charge on any atom is -0.491 e. The highest BCUT2D eigenvalue weighted by atomic mass is 32.1. The summed E-state index contributed by atoms with van der Waals surface area (Å²) in [5, 5.41) is 7.13. The van der Waals surface area contributed by atoms with Crippen LogP contribution >= 0.6 is 12.6 Å². The zero-order valence-corrected chi connectivity index (χ0v) is 6.69. The normalized spacial score (nSPS) is 9.80. The van der Waals surface area contributed by atoms with Gasteiger partial charge in [0.05, 0.1) is 12.2 Å². The Morgan fingerprint density at radius 3 is 2.90 bits per heavy atom. The van der Waals surface area contributed by atoms with Gasteiger partial charge in [0.15, 0.2) is 11.6 Å². The second kappa shape index (κ2) is 5.05. The monoisotopic (exact) mass is 158 g/mol. The highest BCUT2D eigenvalue weighted by Gasteiger charge is 1.97. The molecule has 10 heavy (non-hydrogen) atoms. The lowest BCUT2D eigenvalue weighted by molar-refractivity contribution is 0.250. The maximum atomic E-state index is 7.13. The third kappa shape index (κ3) is 3.29. The maximum Gasteiger partial charge on any atom is 0.187 e. The number of aliphatic imine (C=N–C) groups is 1. The summed E-state index contributed by atoms with van der Waals surface area (Å²) in [7, 11) is 0. The molecule has 0 aromatic carbocycles. The summed E-state index contributed by atoms with van der Waals surface area (Å²) in [6.07, 6.45) is 0. The zero-order chi connectivity index (χ0) is 7.98. The predicted molar refractivity (Wildman–Crippen MR) is 46.0 cm³/mol. The van der Waals surface area contributed by atoms with Crippen LogP contribution in [-0.4, -0.2) is 18.0 Å². The van der Waals surface area contributed by atoms with E-state index in [0.717, 1.165) is 0 Å². The first-order valence-electron chi connectivity index (χ1n) is 2.79. The summed E-state index contributed by atoms with van der Waals surface area (Å²) in [6.45, 7) is 5.79. The van der Waals surface area contributed by atoms with Gasteiger partial charge in [-0.2, -0.15) is 0 Å². The first-order valence-corrected chi connectivity index (χ1v) is 3.31. The van der Waals surface area contributed by atoms with Crippen molar-refractivity contribution >= 4 is 24.0 Å². The van der Waals surface area contributed by atoms with E-state index in [9.17, 15) is 0 Å². The van der Waals surface area contributed by atoms with Crippen LogP contribution in [0, 0.1) is 5.41 Å². The molecular formula is C6H10N2OS. The summed E-state index contributed by atoms with van der Waals surface area (Å²) in [5.41, 5.74) is 1.23. The molecule has 3 nitrogen and oxygen atoms in total. The minimum atomic E-state index is 0.0110. The van der Waals surface area contributed by atoms with Crippen LogP contribution in [0.2, 0.25) is 0 Å². The molecule has 0 bridgehead atoms. The van der Waals surface area contributed by atoms with E-state index in [1.54, 1.807) is 0 Å². The van der Waals surface area contributed by atoms with Gasteiger partial charge in [0.1, 0.15) is 0 Å². The lowest BCUT2D eigenvalue weighted by Gasteiger charge is -2.02. The van der Waals surface area contributed by atoms with Crippen LogP contribution in [0.4, 0.5) is 0 Å². The molecule has 0 unspecified atom stereocenters. The number of hydrogen-bond acceptors (Lipinski definition) is 2. The van der Waals surface area contributed by atoms with E-state index in [-0.39, 0.29) is 11.6 Å². The van der Waals surface area contributed by atoms with Crippen molar-refractivity contribution in [1.29, 1.82) is 5.41 Å². The largest absolute Gasteiger partial charge is 0.491 e. The van der Waals surface area contributed by atoms with Crippen molar-refractivity contribution < 1.29 is 4.74 Å². The number of ether oxygens (including phenoxy) is 1. The molecule has 4 heteroatoms. The van der Waals surface area contributed by atoms with Crippen molar-refractivity contribution in [1.82, 2.24) is 0 Å². The van der Waals surface area contributed by atoms with Gasteiger partial charge < -0.3 is 4.74 Å². The first-order chi connectivity index (χ1) is 4.72. The fraction of sp³-hybridized carbons (Fsp3) is 0.333. The van der Waals surface area contributed by atoms with Gasteiger partial charge in [-0.3, -0.25) is 5.41 Å². The summed E-state index contributed by atoms with van der Waals surface area (Å²) in [6, 6.07) is 0. The van der Waals surface area contributed by atoms with Crippen molar-refractivity contribution in [3.63, 3.8) is 0 Å². The van der Waals surface area contributed by atoms with Crippen molar-refractivity contribution in [3.8, 4) is 0 Å². The van der Waals surface area contributed by atoms with Crippen LogP contribution in [0.25, 0.3) is 0 Å². The molecule has 1 N–H and O–H groups in total. The molecule has 0 atom stereocenters. The second-order valence-electron chi connectivity index (χ2n) is 1.45. The molecule has 0 aliphatic carbocycles. The molecule has 0 aliphatic heterocycles. The standard InChI is InChI=1S/C6H10N2OS/c1-3-9-5(2)6(7)8-4-10/h4H,2-3H2,1H3,(H2,7,8,10). The molecule has 0 saturated carbocycles. The Hall–Kier alpha value is -0.770. The molecule has 0 aromatic rings. The lowest BCUT2D eigenvalue weighted by atomic mass is 10.5. The highest BCUT2D eigenvalue weighted by molar-refractivity contribution is 7.94. The molecule has 0 radical (unpaired) electrons. The van der Waals surface area contributed by atoms with Crippen molar-refractivity contribution in [2.75, 3.05) is 6.61 Å². The second-order valence-corrected chi connectivity index (χ2v) is 1.68. The molecule has 0 rings (SSSR count). The molecule has 0 aliphatic rings. The minimum absolute atomic E-state index is 0.0110. The average Bonchev–Trinajstić information content (AvgIpc) is 1.89. The van der Waals surface area contributed by atoms with E-state index in [2.05, 4.69) is 24.2 Å². The van der Waals surface area contributed by atoms with Gasteiger partial charge in [-0.15, -0.1) is 12.6 Å². The third-order valence-corrected chi connectivity index (χ3v) is 0.885. The van der Waals surface area contributed by atoms with Crippen LogP contribution < -0.4 is 0 Å². The fourth-order valence-corrected chi connectivity index (χ4v) is 0.488. The molecule has 0 saturated heterocycles. The molecule has 56 valence electrons. The van der Waals surface area contributed by atoms with Crippen LogP contribution in [-0.2, 0) is 4.74 Å².